The molecule has 0 unspecified atom stereocenters. The third-order valence-electron chi connectivity index (χ3n) is 3.96. The van der Waals surface area contributed by atoms with E-state index in [1.165, 1.54) is 0 Å². The van der Waals surface area contributed by atoms with Crippen LogP contribution in [0.5, 0.6) is 0 Å². The van der Waals surface area contributed by atoms with E-state index in [1.807, 2.05) is 39.8 Å². The van der Waals surface area contributed by atoms with Crippen LogP contribution < -0.4 is 5.32 Å². The number of nitrogens with one attached hydrogen (secondary N) is 1. The zero-order chi connectivity index (χ0) is 17.9. The van der Waals surface area contributed by atoms with Gasteiger partial charge in [-0.3, -0.25) is 4.79 Å². The molecular formula is C18H25ClN2O3. The summed E-state index contributed by atoms with van der Waals surface area (Å²) in [7, 11) is 0. The molecule has 1 saturated heterocycles. The monoisotopic (exact) mass is 352 g/mol. The molecule has 24 heavy (non-hydrogen) atoms. The van der Waals surface area contributed by atoms with Gasteiger partial charge in [-0.1, -0.05) is 17.7 Å². The molecule has 2 amide bonds. The van der Waals surface area contributed by atoms with Crippen LogP contribution >= 0.6 is 11.6 Å². The maximum Gasteiger partial charge on any atom is 0.410 e. The quantitative estimate of drug-likeness (QED) is 0.866. The topological polar surface area (TPSA) is 58.6 Å². The lowest BCUT2D eigenvalue weighted by Gasteiger charge is -2.32. The fourth-order valence-corrected chi connectivity index (χ4v) is 2.75. The van der Waals surface area contributed by atoms with Gasteiger partial charge in [0, 0.05) is 29.7 Å². The zero-order valence-corrected chi connectivity index (χ0v) is 15.4. The Hall–Kier alpha value is -1.75. The molecule has 1 aromatic carbocycles. The van der Waals surface area contributed by atoms with E-state index in [-0.39, 0.29) is 17.9 Å². The lowest BCUT2D eigenvalue weighted by molar-refractivity contribution is -0.121. The molecule has 0 bridgehead atoms. The number of likely N-dealkylation sites (tertiary alicyclic amines) is 1. The predicted octanol–water partition coefficient (Wildman–Crippen LogP) is 4.23. The Bertz CT molecular complexity index is 617. The Morgan fingerprint density at radius 3 is 2.42 bits per heavy atom. The van der Waals surface area contributed by atoms with Crippen molar-refractivity contribution in [3.8, 4) is 0 Å². The van der Waals surface area contributed by atoms with E-state index in [0.29, 0.717) is 36.6 Å². The Balaban J connectivity index is 1.86. The summed E-state index contributed by atoms with van der Waals surface area (Å²) < 4.78 is 5.36. The molecule has 1 aliphatic rings. The van der Waals surface area contributed by atoms with Gasteiger partial charge in [0.2, 0.25) is 5.91 Å². The number of halogens is 1. The van der Waals surface area contributed by atoms with Gasteiger partial charge >= 0.3 is 6.09 Å². The van der Waals surface area contributed by atoms with Gasteiger partial charge in [0.25, 0.3) is 0 Å². The molecule has 5 nitrogen and oxygen atoms in total. The highest BCUT2D eigenvalue weighted by Crippen LogP contribution is 2.23. The number of carbonyl (C=O) groups excluding carboxylic acids is 2. The lowest BCUT2D eigenvalue weighted by Crippen LogP contribution is -2.43. The maximum atomic E-state index is 12.4. The van der Waals surface area contributed by atoms with Gasteiger partial charge in [-0.25, -0.2) is 4.79 Å². The van der Waals surface area contributed by atoms with E-state index in [9.17, 15) is 9.59 Å². The number of nitrogens with zero attached hydrogens (tertiary/aromatic N) is 1. The summed E-state index contributed by atoms with van der Waals surface area (Å²) in [6.45, 7) is 8.51. The van der Waals surface area contributed by atoms with Crippen molar-refractivity contribution >= 4 is 29.3 Å². The van der Waals surface area contributed by atoms with E-state index in [4.69, 9.17) is 16.3 Å². The maximum absolute atomic E-state index is 12.4. The molecule has 1 fully saturated rings. The van der Waals surface area contributed by atoms with Crippen molar-refractivity contribution in [2.75, 3.05) is 18.4 Å². The van der Waals surface area contributed by atoms with Gasteiger partial charge in [-0.2, -0.15) is 0 Å². The van der Waals surface area contributed by atoms with Gasteiger partial charge in [0.1, 0.15) is 5.60 Å². The molecule has 6 heteroatoms. The van der Waals surface area contributed by atoms with Crippen molar-refractivity contribution in [3.05, 3.63) is 28.8 Å². The minimum Gasteiger partial charge on any atom is -0.444 e. The number of rotatable bonds is 2. The SMILES string of the molecule is Cc1ccc(NC(=O)C2CCN(C(=O)OC(C)(C)C)CC2)cc1Cl. The third-order valence-corrected chi connectivity index (χ3v) is 4.36. The van der Waals surface area contributed by atoms with Crippen molar-refractivity contribution in [1.82, 2.24) is 4.90 Å². The number of amides is 2. The molecular weight excluding hydrogens is 328 g/mol. The number of ether oxygens (including phenoxy) is 1. The first kappa shape index (κ1) is 18.6. The molecule has 2 rings (SSSR count). The number of aryl methyl sites for hydroxylation is 1. The van der Waals surface area contributed by atoms with Crippen LogP contribution in [0.25, 0.3) is 0 Å². The van der Waals surface area contributed by atoms with E-state index >= 15 is 0 Å². The van der Waals surface area contributed by atoms with Crippen molar-refractivity contribution in [2.45, 2.75) is 46.1 Å². The highest BCUT2D eigenvalue weighted by atomic mass is 35.5. The molecule has 1 N–H and O–H groups in total. The summed E-state index contributed by atoms with van der Waals surface area (Å²) in [5.41, 5.74) is 1.17. The number of piperidine rings is 1. The summed E-state index contributed by atoms with van der Waals surface area (Å²) in [6.07, 6.45) is 0.946. The normalized spacial score (nSPS) is 16.0. The third kappa shape index (κ3) is 5.13. The summed E-state index contributed by atoms with van der Waals surface area (Å²) in [6, 6.07) is 5.47. The molecule has 0 radical (unpaired) electrons. The number of hydrogen-bond donors (Lipinski definition) is 1. The van der Waals surface area contributed by atoms with Crippen LogP contribution in [0.4, 0.5) is 10.5 Å². The molecule has 1 heterocycles. The van der Waals surface area contributed by atoms with Crippen LogP contribution in [0.2, 0.25) is 5.02 Å². The average molecular weight is 353 g/mol. The average Bonchev–Trinajstić information content (AvgIpc) is 2.49. The molecule has 1 aromatic rings. The highest BCUT2D eigenvalue weighted by Gasteiger charge is 2.29. The number of carbonyl (C=O) groups is 2. The molecule has 0 atom stereocenters. The van der Waals surface area contributed by atoms with E-state index in [2.05, 4.69) is 5.32 Å². The van der Waals surface area contributed by atoms with Crippen LogP contribution in [0, 0.1) is 12.8 Å². The number of benzene rings is 1. The Morgan fingerprint density at radius 2 is 1.88 bits per heavy atom. The van der Waals surface area contributed by atoms with Crippen molar-refractivity contribution in [3.63, 3.8) is 0 Å². The minimum absolute atomic E-state index is 0.0289. The van der Waals surface area contributed by atoms with Gasteiger partial charge in [-0.15, -0.1) is 0 Å². The van der Waals surface area contributed by atoms with Gasteiger partial charge < -0.3 is 15.0 Å². The van der Waals surface area contributed by atoms with E-state index in [0.717, 1.165) is 5.56 Å². The van der Waals surface area contributed by atoms with Crippen LogP contribution in [0.3, 0.4) is 0 Å². The van der Waals surface area contributed by atoms with E-state index in [1.54, 1.807) is 11.0 Å². The second kappa shape index (κ2) is 7.43. The predicted molar refractivity (Wildman–Crippen MR) is 95.3 cm³/mol. The summed E-state index contributed by atoms with van der Waals surface area (Å²) in [4.78, 5) is 26.1. The van der Waals surface area contributed by atoms with Crippen LogP contribution in [-0.2, 0) is 9.53 Å². The van der Waals surface area contributed by atoms with Gasteiger partial charge in [0.15, 0.2) is 0 Å². The second-order valence-corrected chi connectivity index (χ2v) is 7.60. The van der Waals surface area contributed by atoms with Crippen LogP contribution in [0.1, 0.15) is 39.2 Å². The fraction of sp³-hybridized carbons (Fsp3) is 0.556. The Labute approximate surface area is 148 Å². The summed E-state index contributed by atoms with van der Waals surface area (Å²) >= 11 is 6.08. The summed E-state index contributed by atoms with van der Waals surface area (Å²) in [5, 5.41) is 3.54. The largest absolute Gasteiger partial charge is 0.444 e. The van der Waals surface area contributed by atoms with Gasteiger partial charge in [-0.05, 0) is 58.2 Å². The Kier molecular flexibility index (Phi) is 5.75. The van der Waals surface area contributed by atoms with Crippen molar-refractivity contribution < 1.29 is 14.3 Å². The molecule has 1 aliphatic heterocycles. The van der Waals surface area contributed by atoms with Crippen molar-refractivity contribution in [2.24, 2.45) is 5.92 Å². The highest BCUT2D eigenvalue weighted by molar-refractivity contribution is 6.31. The first-order chi connectivity index (χ1) is 11.2. The first-order valence-electron chi connectivity index (χ1n) is 8.20. The molecule has 0 spiro atoms. The van der Waals surface area contributed by atoms with Crippen LogP contribution in [0.15, 0.2) is 18.2 Å². The molecule has 132 valence electrons. The zero-order valence-electron chi connectivity index (χ0n) is 14.7. The van der Waals surface area contributed by atoms with E-state index < -0.39 is 5.60 Å². The number of hydrogen-bond acceptors (Lipinski definition) is 3. The summed E-state index contributed by atoms with van der Waals surface area (Å²) in [5.74, 6) is -0.137. The van der Waals surface area contributed by atoms with Gasteiger partial charge in [0.05, 0.1) is 0 Å². The first-order valence-corrected chi connectivity index (χ1v) is 8.58. The molecule has 0 aromatic heterocycles. The second-order valence-electron chi connectivity index (χ2n) is 7.19. The smallest absolute Gasteiger partial charge is 0.410 e. The fourth-order valence-electron chi connectivity index (χ4n) is 2.57. The van der Waals surface area contributed by atoms with Crippen LogP contribution in [-0.4, -0.2) is 35.6 Å². The Morgan fingerprint density at radius 1 is 1.25 bits per heavy atom. The minimum atomic E-state index is -0.504. The van der Waals surface area contributed by atoms with Crippen molar-refractivity contribution in [1.29, 1.82) is 0 Å². The standard InChI is InChI=1S/C18H25ClN2O3/c1-12-5-6-14(11-15(12)19)20-16(22)13-7-9-21(10-8-13)17(23)24-18(2,3)4/h5-6,11,13H,7-10H2,1-4H3,(H,20,22). The molecule has 0 saturated carbocycles. The number of anilines is 1. The lowest BCUT2D eigenvalue weighted by atomic mass is 9.96. The molecule has 0 aliphatic carbocycles.